The van der Waals surface area contributed by atoms with Gasteiger partial charge in [0.05, 0.1) is 4.47 Å². The molecule has 0 radical (unpaired) electrons. The minimum Gasteiger partial charge on any atom is -0.506 e. The van der Waals surface area contributed by atoms with Crippen molar-refractivity contribution in [2.75, 3.05) is 13.1 Å². The minimum absolute atomic E-state index is 0.0666. The molecule has 2 aromatic carbocycles. The largest absolute Gasteiger partial charge is 0.506 e. The van der Waals surface area contributed by atoms with Gasteiger partial charge in [0.1, 0.15) is 12.3 Å². The summed E-state index contributed by atoms with van der Waals surface area (Å²) in [7, 11) is 0. The summed E-state index contributed by atoms with van der Waals surface area (Å²) in [6.45, 7) is 1.85. The first kappa shape index (κ1) is 24.4. The van der Waals surface area contributed by atoms with Crippen LogP contribution in [0, 0.1) is 0 Å². The first-order valence-corrected chi connectivity index (χ1v) is 12.3. The summed E-state index contributed by atoms with van der Waals surface area (Å²) in [4.78, 5) is 11.8. The van der Waals surface area contributed by atoms with Gasteiger partial charge in [-0.25, -0.2) is 0 Å². The van der Waals surface area contributed by atoms with E-state index >= 15 is 0 Å². The summed E-state index contributed by atoms with van der Waals surface area (Å²) < 4.78 is 3.84. The van der Waals surface area contributed by atoms with Crippen LogP contribution in [0.15, 0.2) is 57.5 Å². The van der Waals surface area contributed by atoms with Crippen molar-refractivity contribution in [1.29, 1.82) is 0 Å². The van der Waals surface area contributed by atoms with Gasteiger partial charge in [0.25, 0.3) is 0 Å². The Bertz CT molecular complexity index is 1120. The number of phenols is 1. The molecule has 3 rings (SSSR count). The predicted octanol–water partition coefficient (Wildman–Crippen LogP) is 5.16. The van der Waals surface area contributed by atoms with Crippen LogP contribution in [0.25, 0.3) is 23.1 Å². The quantitative estimate of drug-likeness (QED) is 0.236. The van der Waals surface area contributed by atoms with Gasteiger partial charge in [0.15, 0.2) is 0 Å². The van der Waals surface area contributed by atoms with Crippen LogP contribution >= 0.6 is 31.9 Å². The molecule has 5 nitrogen and oxygen atoms in total. The van der Waals surface area contributed by atoms with Gasteiger partial charge in [-0.15, -0.1) is 0 Å². The number of aromatic nitrogens is 1. The van der Waals surface area contributed by atoms with Gasteiger partial charge in [-0.2, -0.15) is 4.57 Å². The molecule has 0 aliphatic carbocycles. The van der Waals surface area contributed by atoms with Gasteiger partial charge in [-0.1, -0.05) is 28.1 Å². The molecule has 0 unspecified atom stereocenters. The third-order valence-corrected chi connectivity index (χ3v) is 6.28. The standard InChI is InChI=1S/C25H27Br2N3O2/c26-20-16-19(25(32)22(27)17-20)10-12-21-11-9-18-6-3-4-7-23(18)30(21)15-5-1-2-8-24(31)29-14-13-28/h3-4,6-7,9-12,16-17H,1-2,5,8,13-15,28H2,(H,29,31)/p+1. The Morgan fingerprint density at radius 3 is 2.69 bits per heavy atom. The van der Waals surface area contributed by atoms with E-state index in [1.54, 1.807) is 0 Å². The lowest BCUT2D eigenvalue weighted by Crippen LogP contribution is -2.38. The third-order valence-electron chi connectivity index (χ3n) is 5.22. The fourth-order valence-corrected chi connectivity index (χ4v) is 4.85. The van der Waals surface area contributed by atoms with Crippen LogP contribution in [0.1, 0.15) is 36.9 Å². The molecule has 0 saturated heterocycles. The number of nitrogens with one attached hydrogen (secondary N) is 1. The predicted molar refractivity (Wildman–Crippen MR) is 137 cm³/mol. The van der Waals surface area contributed by atoms with Crippen LogP contribution < -0.4 is 15.6 Å². The zero-order valence-corrected chi connectivity index (χ0v) is 21.0. The highest BCUT2D eigenvalue weighted by Crippen LogP contribution is 2.32. The fraction of sp³-hybridized carbons (Fsp3) is 0.280. The number of nitrogens with two attached hydrogens (primary N) is 1. The highest BCUT2D eigenvalue weighted by atomic mass is 79.9. The molecule has 0 aliphatic heterocycles. The molecule has 1 amide bonds. The number of halogens is 2. The van der Waals surface area contributed by atoms with Crippen LogP contribution in [0.4, 0.5) is 0 Å². The molecule has 0 bridgehead atoms. The number of aryl methyl sites for hydroxylation is 1. The molecular weight excluding hydrogens is 534 g/mol. The summed E-state index contributed by atoms with van der Waals surface area (Å²) in [6.07, 6.45) is 7.27. The minimum atomic E-state index is 0.0666. The number of fused-ring (bicyclic) bond motifs is 1. The Hall–Kier alpha value is -2.22. The number of carbonyl (C=O) groups is 1. The van der Waals surface area contributed by atoms with Crippen LogP contribution in [0.2, 0.25) is 0 Å². The number of unbranched alkanes of at least 4 members (excludes halogenated alkanes) is 2. The number of amides is 1. The average Bonchev–Trinajstić information content (AvgIpc) is 2.79. The molecule has 0 aliphatic rings. The Kier molecular flexibility index (Phi) is 9.26. The van der Waals surface area contributed by atoms with E-state index in [1.807, 2.05) is 36.4 Å². The summed E-state index contributed by atoms with van der Waals surface area (Å²) in [5.41, 5.74) is 8.37. The molecule has 0 saturated carbocycles. The van der Waals surface area contributed by atoms with Gasteiger partial charge < -0.3 is 16.2 Å². The van der Waals surface area contributed by atoms with Gasteiger partial charge >= 0.3 is 0 Å². The van der Waals surface area contributed by atoms with E-state index in [0.717, 1.165) is 47.1 Å². The summed E-state index contributed by atoms with van der Waals surface area (Å²) in [5, 5.41) is 14.4. The second-order valence-corrected chi connectivity index (χ2v) is 9.35. The van der Waals surface area contributed by atoms with Crippen LogP contribution in [-0.4, -0.2) is 24.1 Å². The van der Waals surface area contributed by atoms with Crippen molar-refractivity contribution in [3.8, 4) is 5.75 Å². The Balaban J connectivity index is 1.76. The van der Waals surface area contributed by atoms with E-state index in [-0.39, 0.29) is 11.7 Å². The first-order chi connectivity index (χ1) is 15.5. The van der Waals surface area contributed by atoms with E-state index in [9.17, 15) is 9.90 Å². The second kappa shape index (κ2) is 12.1. The topological polar surface area (TPSA) is 79.2 Å². The van der Waals surface area contributed by atoms with E-state index < -0.39 is 0 Å². The van der Waals surface area contributed by atoms with Crippen molar-refractivity contribution < 1.29 is 14.5 Å². The Labute approximate surface area is 205 Å². The van der Waals surface area contributed by atoms with Crippen LogP contribution in [0.5, 0.6) is 5.75 Å². The third kappa shape index (κ3) is 6.64. The maximum absolute atomic E-state index is 11.8. The number of benzene rings is 2. The number of para-hydroxylation sites is 1. The number of rotatable bonds is 10. The number of carbonyl (C=O) groups excluding carboxylic acids is 1. The van der Waals surface area contributed by atoms with Crippen molar-refractivity contribution in [1.82, 2.24) is 5.32 Å². The van der Waals surface area contributed by atoms with E-state index in [1.165, 1.54) is 5.39 Å². The van der Waals surface area contributed by atoms with Crippen molar-refractivity contribution >= 4 is 60.8 Å². The lowest BCUT2D eigenvalue weighted by molar-refractivity contribution is -0.673. The summed E-state index contributed by atoms with van der Waals surface area (Å²) in [6, 6.07) is 16.2. The number of hydrogen-bond acceptors (Lipinski definition) is 3. The van der Waals surface area contributed by atoms with Gasteiger partial charge in [-0.05, 0) is 59.1 Å². The zero-order chi connectivity index (χ0) is 22.9. The molecule has 1 aromatic heterocycles. The molecule has 1 heterocycles. The molecule has 3 aromatic rings. The van der Waals surface area contributed by atoms with Gasteiger partial charge in [0, 0.05) is 59.6 Å². The molecule has 0 spiro atoms. The zero-order valence-electron chi connectivity index (χ0n) is 17.9. The highest BCUT2D eigenvalue weighted by Gasteiger charge is 2.14. The maximum Gasteiger partial charge on any atom is 0.220 e. The SMILES string of the molecule is NCCNC(=O)CCCCC[n+]1c(/C=C/c2cc(Br)cc(Br)c2O)ccc2ccccc21. The summed E-state index contributed by atoms with van der Waals surface area (Å²) >= 11 is 6.87. The van der Waals surface area contributed by atoms with Crippen LogP contribution in [-0.2, 0) is 11.3 Å². The maximum atomic E-state index is 11.8. The first-order valence-electron chi connectivity index (χ1n) is 10.7. The number of pyridine rings is 1. The monoisotopic (exact) mass is 560 g/mol. The Morgan fingerprint density at radius 2 is 1.88 bits per heavy atom. The second-order valence-electron chi connectivity index (χ2n) is 7.58. The van der Waals surface area contributed by atoms with Crippen molar-refractivity contribution in [3.05, 3.63) is 68.7 Å². The van der Waals surface area contributed by atoms with Gasteiger partial charge in [0.2, 0.25) is 17.1 Å². The molecular formula is C25H28Br2N3O2+. The summed E-state index contributed by atoms with van der Waals surface area (Å²) in [5.74, 6) is 0.279. The van der Waals surface area contributed by atoms with E-state index in [4.69, 9.17) is 5.73 Å². The molecule has 0 fully saturated rings. The van der Waals surface area contributed by atoms with Crippen molar-refractivity contribution in [2.45, 2.75) is 32.2 Å². The van der Waals surface area contributed by atoms with Crippen LogP contribution in [0.3, 0.4) is 0 Å². The lowest BCUT2D eigenvalue weighted by Gasteiger charge is -2.07. The molecule has 0 atom stereocenters. The normalized spacial score (nSPS) is 11.3. The number of nitrogens with zero attached hydrogens (tertiary/aromatic N) is 1. The average molecular weight is 562 g/mol. The lowest BCUT2D eigenvalue weighted by atomic mass is 10.1. The molecule has 168 valence electrons. The molecule has 4 N–H and O–H groups in total. The molecule has 32 heavy (non-hydrogen) atoms. The van der Waals surface area contributed by atoms with E-state index in [0.29, 0.717) is 24.0 Å². The number of hydrogen-bond donors (Lipinski definition) is 3. The molecule has 7 heteroatoms. The number of phenolic OH excluding ortho intramolecular Hbond substituents is 1. The van der Waals surface area contributed by atoms with Crippen molar-refractivity contribution in [2.24, 2.45) is 5.73 Å². The van der Waals surface area contributed by atoms with Gasteiger partial charge in [-0.3, -0.25) is 4.79 Å². The fourth-order valence-electron chi connectivity index (χ4n) is 3.59. The smallest absolute Gasteiger partial charge is 0.220 e. The van der Waals surface area contributed by atoms with E-state index in [2.05, 4.69) is 66.0 Å². The highest BCUT2D eigenvalue weighted by molar-refractivity contribution is 9.11. The number of aromatic hydroxyl groups is 1. The van der Waals surface area contributed by atoms with Crippen molar-refractivity contribution in [3.63, 3.8) is 0 Å². The Morgan fingerprint density at radius 1 is 1.06 bits per heavy atom.